The Hall–Kier alpha value is -2.12. The summed E-state index contributed by atoms with van der Waals surface area (Å²) in [6.07, 6.45) is 4.21. The number of rotatable bonds is 4. The van der Waals surface area contributed by atoms with Gasteiger partial charge in [-0.25, -0.2) is 4.98 Å². The van der Waals surface area contributed by atoms with E-state index in [1.54, 1.807) is 22.8 Å². The molecule has 0 unspecified atom stereocenters. The lowest BCUT2D eigenvalue weighted by Crippen LogP contribution is -2.27. The Morgan fingerprint density at radius 2 is 2.04 bits per heavy atom. The number of amides is 1. The molecular formula is C21H23N3O2S2. The smallest absolute Gasteiger partial charge is 0.267 e. The minimum Gasteiger partial charge on any atom is -0.369 e. The van der Waals surface area contributed by atoms with Gasteiger partial charge in [-0.1, -0.05) is 23.9 Å². The van der Waals surface area contributed by atoms with Crippen molar-refractivity contribution in [2.75, 3.05) is 0 Å². The summed E-state index contributed by atoms with van der Waals surface area (Å²) in [5.41, 5.74) is 9.48. The molecule has 5 nitrogen and oxygen atoms in total. The zero-order valence-corrected chi connectivity index (χ0v) is 17.9. The molecule has 146 valence electrons. The lowest BCUT2D eigenvalue weighted by molar-refractivity contribution is -0.117. The third kappa shape index (κ3) is 3.26. The minimum atomic E-state index is -0.477. The summed E-state index contributed by atoms with van der Waals surface area (Å²) in [5, 5.41) is 0.795. The molecule has 4 rings (SSSR count). The molecule has 1 aromatic carbocycles. The lowest BCUT2D eigenvalue weighted by atomic mass is 9.97. The van der Waals surface area contributed by atoms with Gasteiger partial charge < -0.3 is 5.73 Å². The molecule has 7 heteroatoms. The van der Waals surface area contributed by atoms with E-state index in [1.165, 1.54) is 22.2 Å². The van der Waals surface area contributed by atoms with E-state index < -0.39 is 11.2 Å². The van der Waals surface area contributed by atoms with Crippen LogP contribution in [0.25, 0.3) is 15.9 Å². The van der Waals surface area contributed by atoms with E-state index in [-0.39, 0.29) is 5.56 Å². The number of nitrogens with two attached hydrogens (primary N) is 1. The topological polar surface area (TPSA) is 78.0 Å². The first-order valence-corrected chi connectivity index (χ1v) is 11.2. The molecule has 1 aliphatic rings. The Labute approximate surface area is 172 Å². The highest BCUT2D eigenvalue weighted by Gasteiger charge is 2.25. The van der Waals surface area contributed by atoms with Crippen molar-refractivity contribution in [3.05, 3.63) is 50.1 Å². The number of carbonyl (C=O) groups is 1. The first-order chi connectivity index (χ1) is 13.4. The van der Waals surface area contributed by atoms with Gasteiger partial charge in [0.15, 0.2) is 5.16 Å². The van der Waals surface area contributed by atoms with Crippen LogP contribution in [0.4, 0.5) is 0 Å². The van der Waals surface area contributed by atoms with Gasteiger partial charge in [0.05, 0.1) is 16.3 Å². The van der Waals surface area contributed by atoms with E-state index in [0.29, 0.717) is 5.16 Å². The fourth-order valence-electron chi connectivity index (χ4n) is 3.65. The van der Waals surface area contributed by atoms with Gasteiger partial charge in [0.25, 0.3) is 5.56 Å². The Morgan fingerprint density at radius 1 is 1.29 bits per heavy atom. The number of thiophene rings is 1. The predicted molar refractivity (Wildman–Crippen MR) is 116 cm³/mol. The quantitative estimate of drug-likeness (QED) is 0.520. The van der Waals surface area contributed by atoms with Crippen molar-refractivity contribution in [1.29, 1.82) is 0 Å². The van der Waals surface area contributed by atoms with Crippen molar-refractivity contribution in [3.8, 4) is 5.69 Å². The van der Waals surface area contributed by atoms with Gasteiger partial charge >= 0.3 is 0 Å². The standard InChI is InChI=1S/C21H23N3O2S2/c1-11-8-9-12(2)15(10-11)24-20(26)17-14-6-4-5-7-16(14)28-19(17)23-21(24)27-13(3)18(22)25/h8-10,13H,4-7H2,1-3H3,(H2,22,25)/t13-/m1/s1. The number of aromatic nitrogens is 2. The molecule has 2 aromatic heterocycles. The number of hydrogen-bond donors (Lipinski definition) is 1. The molecule has 1 atom stereocenters. The van der Waals surface area contributed by atoms with Crippen molar-refractivity contribution in [1.82, 2.24) is 9.55 Å². The SMILES string of the molecule is Cc1ccc(C)c(-n2c(S[C@H](C)C(N)=O)nc3sc4c(c3c2=O)CCCC4)c1. The molecule has 2 heterocycles. The molecule has 0 aliphatic heterocycles. The molecule has 0 saturated carbocycles. The average molecular weight is 414 g/mol. The Bertz CT molecular complexity index is 1150. The van der Waals surface area contributed by atoms with Crippen LogP contribution in [0.5, 0.6) is 0 Å². The maximum Gasteiger partial charge on any atom is 0.267 e. The van der Waals surface area contributed by atoms with Crippen LogP contribution >= 0.6 is 23.1 Å². The summed E-state index contributed by atoms with van der Waals surface area (Å²) in [5.74, 6) is -0.419. The van der Waals surface area contributed by atoms with Crippen LogP contribution in [0.1, 0.15) is 41.3 Å². The van der Waals surface area contributed by atoms with Gasteiger partial charge in [0, 0.05) is 4.88 Å². The molecule has 0 fully saturated rings. The van der Waals surface area contributed by atoms with Crippen LogP contribution in [0.3, 0.4) is 0 Å². The number of aryl methyl sites for hydroxylation is 4. The summed E-state index contributed by atoms with van der Waals surface area (Å²) in [4.78, 5) is 32.3. The molecule has 3 aromatic rings. The van der Waals surface area contributed by atoms with Gasteiger partial charge in [-0.05, 0) is 69.2 Å². The van der Waals surface area contributed by atoms with Crippen molar-refractivity contribution < 1.29 is 4.79 Å². The third-order valence-electron chi connectivity index (χ3n) is 5.25. The normalized spacial score (nSPS) is 14.8. The number of primary amides is 1. The Morgan fingerprint density at radius 3 is 2.79 bits per heavy atom. The van der Waals surface area contributed by atoms with Crippen LogP contribution in [0.2, 0.25) is 0 Å². The largest absolute Gasteiger partial charge is 0.369 e. The molecule has 28 heavy (non-hydrogen) atoms. The van der Waals surface area contributed by atoms with E-state index in [4.69, 9.17) is 10.7 Å². The molecule has 0 bridgehead atoms. The van der Waals surface area contributed by atoms with E-state index in [9.17, 15) is 9.59 Å². The second-order valence-corrected chi connectivity index (χ2v) is 9.77. The average Bonchev–Trinajstić information content (AvgIpc) is 3.02. The molecule has 0 saturated heterocycles. The van der Waals surface area contributed by atoms with E-state index >= 15 is 0 Å². The number of fused-ring (bicyclic) bond motifs is 3. The van der Waals surface area contributed by atoms with Crippen LogP contribution in [0.15, 0.2) is 28.2 Å². The first-order valence-electron chi connectivity index (χ1n) is 9.47. The Balaban J connectivity index is 2.04. The fraction of sp³-hybridized carbons (Fsp3) is 0.381. The molecular weight excluding hydrogens is 390 g/mol. The summed E-state index contributed by atoms with van der Waals surface area (Å²) < 4.78 is 1.68. The number of nitrogens with zero attached hydrogens (tertiary/aromatic N) is 2. The predicted octanol–water partition coefficient (Wildman–Crippen LogP) is 3.91. The molecule has 0 radical (unpaired) electrons. The summed E-state index contributed by atoms with van der Waals surface area (Å²) in [6.45, 7) is 5.74. The summed E-state index contributed by atoms with van der Waals surface area (Å²) in [7, 11) is 0. The zero-order valence-electron chi connectivity index (χ0n) is 16.2. The first kappa shape index (κ1) is 19.2. The van der Waals surface area contributed by atoms with Gasteiger partial charge in [-0.15, -0.1) is 11.3 Å². The van der Waals surface area contributed by atoms with E-state index in [1.807, 2.05) is 32.0 Å². The summed E-state index contributed by atoms with van der Waals surface area (Å²) >= 11 is 2.87. The number of thioether (sulfide) groups is 1. The second kappa shape index (κ2) is 7.37. The highest BCUT2D eigenvalue weighted by Crippen LogP contribution is 2.36. The van der Waals surface area contributed by atoms with E-state index in [0.717, 1.165) is 52.7 Å². The van der Waals surface area contributed by atoms with Crippen LogP contribution < -0.4 is 11.3 Å². The molecule has 2 N–H and O–H groups in total. The number of carbonyl (C=O) groups excluding carboxylic acids is 1. The maximum absolute atomic E-state index is 13.7. The minimum absolute atomic E-state index is 0.0442. The number of benzene rings is 1. The Kier molecular flexibility index (Phi) is 5.05. The maximum atomic E-state index is 13.7. The van der Waals surface area contributed by atoms with Crippen molar-refractivity contribution in [3.63, 3.8) is 0 Å². The van der Waals surface area contributed by atoms with Crippen LogP contribution in [-0.4, -0.2) is 20.7 Å². The van der Waals surface area contributed by atoms with Crippen LogP contribution in [0, 0.1) is 13.8 Å². The van der Waals surface area contributed by atoms with Crippen molar-refractivity contribution in [2.24, 2.45) is 5.73 Å². The van der Waals surface area contributed by atoms with Crippen LogP contribution in [-0.2, 0) is 17.6 Å². The van der Waals surface area contributed by atoms with Gasteiger partial charge in [0.2, 0.25) is 5.91 Å². The van der Waals surface area contributed by atoms with Gasteiger partial charge in [-0.3, -0.25) is 14.2 Å². The van der Waals surface area contributed by atoms with Gasteiger partial charge in [-0.2, -0.15) is 0 Å². The van der Waals surface area contributed by atoms with Gasteiger partial charge in [0.1, 0.15) is 4.83 Å². The molecule has 1 aliphatic carbocycles. The molecule has 1 amide bonds. The van der Waals surface area contributed by atoms with Crippen molar-refractivity contribution >= 4 is 39.2 Å². The van der Waals surface area contributed by atoms with E-state index in [2.05, 4.69) is 0 Å². The monoisotopic (exact) mass is 413 g/mol. The lowest BCUT2D eigenvalue weighted by Gasteiger charge is -2.17. The molecule has 0 spiro atoms. The highest BCUT2D eigenvalue weighted by molar-refractivity contribution is 8.00. The summed E-state index contributed by atoms with van der Waals surface area (Å²) in [6, 6.07) is 6.04. The third-order valence-corrected chi connectivity index (χ3v) is 7.50. The highest BCUT2D eigenvalue weighted by atomic mass is 32.2. The zero-order chi connectivity index (χ0) is 20.0. The fourth-order valence-corrected chi connectivity index (χ4v) is 5.83. The number of hydrogen-bond acceptors (Lipinski definition) is 5. The second-order valence-electron chi connectivity index (χ2n) is 7.38. The van der Waals surface area contributed by atoms with Crippen molar-refractivity contribution in [2.45, 2.75) is 56.9 Å².